The van der Waals surface area contributed by atoms with Crippen molar-refractivity contribution in [3.05, 3.63) is 89.9 Å². The van der Waals surface area contributed by atoms with Crippen LogP contribution in [0.25, 0.3) is 0 Å². The molecule has 6 aromatic rings. The van der Waals surface area contributed by atoms with E-state index < -0.39 is 59.2 Å². The zero-order valence-corrected chi connectivity index (χ0v) is 49.8. The van der Waals surface area contributed by atoms with Crippen molar-refractivity contribution in [1.29, 1.82) is 0 Å². The van der Waals surface area contributed by atoms with Gasteiger partial charge in [-0.2, -0.15) is 0 Å². The number of aryl methyl sites for hydroxylation is 6. The summed E-state index contributed by atoms with van der Waals surface area (Å²) in [6.45, 7) is 2.94. The number of rotatable bonds is 30. The molecular formula is C54H74N22O11. The lowest BCUT2D eigenvalue weighted by Crippen LogP contribution is -2.39. The Balaban J connectivity index is 0.866. The molecule has 33 heteroatoms. The Morgan fingerprint density at radius 1 is 0.437 bits per heavy atom. The molecule has 0 aliphatic carbocycles. The molecule has 0 aromatic carbocycles. The highest BCUT2D eigenvalue weighted by Crippen LogP contribution is 2.19. The Bertz CT molecular complexity index is 3540. The first kappa shape index (κ1) is 65.7. The van der Waals surface area contributed by atoms with E-state index in [1.165, 1.54) is 78.9 Å². The van der Waals surface area contributed by atoms with Gasteiger partial charge in [-0.1, -0.05) is 0 Å². The van der Waals surface area contributed by atoms with E-state index in [-0.39, 0.29) is 133 Å². The second kappa shape index (κ2) is 30.4. The fraction of sp³-hybridized carbons (Fsp3) is 0.407. The summed E-state index contributed by atoms with van der Waals surface area (Å²) in [5.74, 6) is -4.96. The standard InChI is InChI=1S/C54H74N22O11/c1-31(77)61-39-28-74(7)45(66-39)52(85)60-18-13-35(55)48(81)69-41-30-76(9)47(68-41)54(87)64-33-23-37(72(5)26-33)49(82)57-16-10-12-43(79)65-40-29-75(8)46(67-40)53(86)63-34-24-38(73(6)27-34)51(84)59-20-15-44(80)62-32-22-36(71(4)25-32)50(83)58-19-14-42(78)56-17-11-21-70(2)3/h22-30,35H,10-21,55H2,1-9H3,(H,56,78)(H,57,82)(H,58,83)(H,59,84)(H,60,85)(H,61,77)(H,62,80)(H,63,86)(H,64,87)(H,65,79)(H,69,81)/t35-/m0/s1. The van der Waals surface area contributed by atoms with E-state index in [0.717, 1.165) is 13.0 Å². The number of nitrogens with two attached hydrogens (primary N) is 1. The van der Waals surface area contributed by atoms with Crippen molar-refractivity contribution in [2.75, 3.05) is 85.3 Å². The number of aromatic nitrogens is 9. The number of imidazole rings is 3. The van der Waals surface area contributed by atoms with E-state index >= 15 is 0 Å². The van der Waals surface area contributed by atoms with Crippen LogP contribution in [0, 0.1) is 0 Å². The maximum absolute atomic E-state index is 13.3. The van der Waals surface area contributed by atoms with Crippen LogP contribution in [0.2, 0.25) is 0 Å². The minimum absolute atomic E-state index is 0.0186. The summed E-state index contributed by atoms with van der Waals surface area (Å²) in [7, 11) is 13.4. The monoisotopic (exact) mass is 1210 g/mol. The van der Waals surface area contributed by atoms with Gasteiger partial charge >= 0.3 is 0 Å². The van der Waals surface area contributed by atoms with E-state index in [1.54, 1.807) is 53.0 Å². The van der Waals surface area contributed by atoms with Crippen LogP contribution in [0.3, 0.4) is 0 Å². The first-order chi connectivity index (χ1) is 41.2. The van der Waals surface area contributed by atoms with Crippen molar-refractivity contribution in [2.45, 2.75) is 51.5 Å². The van der Waals surface area contributed by atoms with Crippen molar-refractivity contribution in [3.63, 3.8) is 0 Å². The molecule has 6 aromatic heterocycles. The molecule has 6 rings (SSSR count). The Morgan fingerprint density at radius 3 is 1.32 bits per heavy atom. The summed E-state index contributed by atoms with van der Waals surface area (Å²) in [4.78, 5) is 155. The van der Waals surface area contributed by atoms with Crippen LogP contribution >= 0.6 is 0 Å². The number of carbonyl (C=O) groups is 11. The Kier molecular flexibility index (Phi) is 23.0. The molecule has 87 heavy (non-hydrogen) atoms. The number of hydrogen-bond donors (Lipinski definition) is 12. The van der Waals surface area contributed by atoms with Crippen LogP contribution < -0.4 is 64.2 Å². The number of hydrogen-bond acceptors (Lipinski definition) is 16. The molecule has 0 saturated carbocycles. The Morgan fingerprint density at radius 2 is 0.839 bits per heavy atom. The smallest absolute Gasteiger partial charge is 0.291 e. The second-order valence-electron chi connectivity index (χ2n) is 20.6. The third-order valence-electron chi connectivity index (χ3n) is 12.9. The summed E-state index contributed by atoms with van der Waals surface area (Å²) in [6, 6.07) is 3.34. The van der Waals surface area contributed by atoms with Gasteiger partial charge in [-0.15, -0.1) is 0 Å². The largest absolute Gasteiger partial charge is 0.356 e. The molecule has 0 unspecified atom stereocenters. The van der Waals surface area contributed by atoms with Gasteiger partial charge in [0.15, 0.2) is 17.5 Å². The highest BCUT2D eigenvalue weighted by atomic mass is 16.2. The molecule has 0 bridgehead atoms. The highest BCUT2D eigenvalue weighted by molar-refractivity contribution is 6.05. The third-order valence-corrected chi connectivity index (χ3v) is 12.9. The molecule has 0 fully saturated rings. The molecule has 1 atom stereocenters. The van der Waals surface area contributed by atoms with Gasteiger partial charge in [-0.3, -0.25) is 52.7 Å². The first-order valence-electron chi connectivity index (χ1n) is 27.4. The normalized spacial score (nSPS) is 11.3. The minimum Gasteiger partial charge on any atom is -0.356 e. The van der Waals surface area contributed by atoms with Crippen molar-refractivity contribution >= 4 is 99.5 Å². The van der Waals surface area contributed by atoms with Crippen molar-refractivity contribution in [1.82, 2.24) is 73.8 Å². The van der Waals surface area contributed by atoms with Crippen molar-refractivity contribution in [2.24, 2.45) is 48.0 Å². The van der Waals surface area contributed by atoms with E-state index in [2.05, 4.69) is 73.4 Å². The van der Waals surface area contributed by atoms with Gasteiger partial charge in [0.2, 0.25) is 47.0 Å². The minimum atomic E-state index is -1.06. The maximum Gasteiger partial charge on any atom is 0.291 e. The molecule has 6 heterocycles. The molecule has 11 amide bonds. The van der Waals surface area contributed by atoms with Gasteiger partial charge in [0.05, 0.1) is 23.1 Å². The van der Waals surface area contributed by atoms with Crippen molar-refractivity contribution in [3.8, 4) is 0 Å². The van der Waals surface area contributed by atoms with Crippen LogP contribution in [0.4, 0.5) is 34.5 Å². The molecule has 0 aliphatic heterocycles. The quantitative estimate of drug-likeness (QED) is 0.0254. The van der Waals surface area contributed by atoms with Gasteiger partial charge < -0.3 is 96.5 Å². The second-order valence-corrected chi connectivity index (χ2v) is 20.6. The molecular weight excluding hydrogens is 1130 g/mol. The van der Waals surface area contributed by atoms with E-state index in [4.69, 9.17) is 5.73 Å². The summed E-state index contributed by atoms with van der Waals surface area (Å²) in [6.07, 6.45) is 10.0. The molecule has 0 spiro atoms. The zero-order chi connectivity index (χ0) is 63.6. The van der Waals surface area contributed by atoms with Crippen LogP contribution in [-0.2, 0) is 66.3 Å². The van der Waals surface area contributed by atoms with Crippen LogP contribution in [0.5, 0.6) is 0 Å². The highest BCUT2D eigenvalue weighted by Gasteiger charge is 2.23. The van der Waals surface area contributed by atoms with Gasteiger partial charge in [0, 0.05) is 138 Å². The predicted octanol–water partition coefficient (Wildman–Crippen LogP) is -0.453. The van der Waals surface area contributed by atoms with E-state index in [9.17, 15) is 52.7 Å². The lowest BCUT2D eigenvalue weighted by molar-refractivity contribution is -0.121. The Labute approximate surface area is 499 Å². The summed E-state index contributed by atoms with van der Waals surface area (Å²) >= 11 is 0. The van der Waals surface area contributed by atoms with Gasteiger partial charge in [-0.25, -0.2) is 15.0 Å². The van der Waals surface area contributed by atoms with E-state index in [0.29, 0.717) is 12.2 Å². The molecule has 0 radical (unpaired) electrons. The average molecular weight is 1210 g/mol. The fourth-order valence-electron chi connectivity index (χ4n) is 8.56. The van der Waals surface area contributed by atoms with Crippen molar-refractivity contribution < 1.29 is 52.7 Å². The lowest BCUT2D eigenvalue weighted by Gasteiger charge is -2.11. The maximum atomic E-state index is 13.3. The van der Waals surface area contributed by atoms with E-state index in [1.807, 2.05) is 19.0 Å². The first-order valence-corrected chi connectivity index (χ1v) is 27.4. The van der Waals surface area contributed by atoms with Gasteiger partial charge in [0.1, 0.15) is 17.1 Å². The lowest BCUT2D eigenvalue weighted by atomic mass is 10.2. The van der Waals surface area contributed by atoms with Crippen LogP contribution in [-0.4, -0.2) is 172 Å². The Hall–Kier alpha value is -10.4. The van der Waals surface area contributed by atoms with Crippen LogP contribution in [0.15, 0.2) is 55.4 Å². The predicted molar refractivity (Wildman–Crippen MR) is 319 cm³/mol. The topological polar surface area (TPSA) is 418 Å². The molecule has 0 saturated heterocycles. The molecule has 0 aliphatic rings. The molecule has 33 nitrogen and oxygen atoms in total. The molecule has 466 valence electrons. The summed E-state index contributed by atoms with van der Waals surface area (Å²) < 4.78 is 8.76. The molecule has 13 N–H and O–H groups in total. The number of nitrogens with zero attached hydrogens (tertiary/aromatic N) is 10. The fourth-order valence-corrected chi connectivity index (χ4v) is 8.56. The third kappa shape index (κ3) is 19.3. The summed E-state index contributed by atoms with van der Waals surface area (Å²) in [5, 5.41) is 29.4. The zero-order valence-electron chi connectivity index (χ0n) is 49.8. The number of nitrogens with one attached hydrogen (secondary N) is 11. The summed E-state index contributed by atoms with van der Waals surface area (Å²) in [5.41, 5.74) is 7.62. The van der Waals surface area contributed by atoms with Crippen LogP contribution in [0.1, 0.15) is 109 Å². The van der Waals surface area contributed by atoms with Gasteiger partial charge in [0.25, 0.3) is 35.4 Å². The average Bonchev–Trinajstić information content (AvgIpc) is 3.30. The number of carbonyl (C=O) groups excluding carboxylic acids is 11. The number of amides is 11. The number of anilines is 6. The SMILES string of the molecule is CC(=O)Nc1cn(C)c(C(=O)NCC[C@H](N)C(=O)Nc2cn(C)c(C(=O)Nc3cc(C(=O)NCCCC(=O)Nc4cn(C)c(C(=O)Nc5cc(C(=O)NCCC(=O)Nc6cc(C(=O)NCCC(=O)NCCCN(C)C)n(C)c6)n(C)c5)n4)n(C)c3)n2)n1. The van der Waals surface area contributed by atoms with Gasteiger partial charge in [-0.05, 0) is 58.1 Å².